The smallest absolute Gasteiger partial charge is 0.326 e. The molecule has 136 valence electrons. The van der Waals surface area contributed by atoms with Crippen LogP contribution in [0.5, 0.6) is 0 Å². The number of para-hydroxylation sites is 1. The highest BCUT2D eigenvalue weighted by molar-refractivity contribution is 5.86. The van der Waals surface area contributed by atoms with E-state index in [0.29, 0.717) is 6.54 Å². The maximum absolute atomic E-state index is 12.6. The quantitative estimate of drug-likeness (QED) is 0.455. The van der Waals surface area contributed by atoms with Crippen molar-refractivity contribution < 1.29 is 0 Å². The van der Waals surface area contributed by atoms with Crippen LogP contribution in [0, 0.1) is 0 Å². The summed E-state index contributed by atoms with van der Waals surface area (Å²) in [4.78, 5) is 15.6. The molecule has 5 rings (SSSR count). The number of nitrogens with one attached hydrogen (secondary N) is 2. The lowest BCUT2D eigenvalue weighted by Gasteiger charge is -2.09. The number of aromatic amines is 1. The van der Waals surface area contributed by atoms with Crippen molar-refractivity contribution in [2.75, 3.05) is 5.32 Å². The van der Waals surface area contributed by atoms with E-state index in [1.807, 2.05) is 66.7 Å². The Morgan fingerprint density at radius 1 is 0.786 bits per heavy atom. The van der Waals surface area contributed by atoms with E-state index < -0.39 is 0 Å². The summed E-state index contributed by atoms with van der Waals surface area (Å²) in [5.74, 6) is 0. The number of imidazole rings is 1. The van der Waals surface area contributed by atoms with Crippen molar-refractivity contribution in [3.05, 3.63) is 107 Å². The van der Waals surface area contributed by atoms with Crippen LogP contribution in [0.2, 0.25) is 0 Å². The number of hydrogen-bond acceptors (Lipinski definition) is 2. The summed E-state index contributed by atoms with van der Waals surface area (Å²) in [5.41, 5.74) is 4.71. The van der Waals surface area contributed by atoms with Gasteiger partial charge in [-0.3, -0.25) is 4.57 Å². The van der Waals surface area contributed by atoms with Crippen LogP contribution in [-0.4, -0.2) is 9.55 Å². The highest BCUT2D eigenvalue weighted by atomic mass is 16.1. The Kier molecular flexibility index (Phi) is 3.95. The first-order valence-corrected chi connectivity index (χ1v) is 9.29. The lowest BCUT2D eigenvalue weighted by Crippen LogP contribution is -2.17. The zero-order chi connectivity index (χ0) is 18.9. The van der Waals surface area contributed by atoms with Crippen LogP contribution in [0.4, 0.5) is 11.4 Å². The van der Waals surface area contributed by atoms with Gasteiger partial charge in [-0.1, -0.05) is 60.7 Å². The molecule has 0 spiro atoms. The first kappa shape index (κ1) is 16.4. The largest absolute Gasteiger partial charge is 0.355 e. The third-order valence-electron chi connectivity index (χ3n) is 5.04. The minimum Gasteiger partial charge on any atom is -0.355 e. The van der Waals surface area contributed by atoms with Crippen molar-refractivity contribution >= 4 is 33.2 Å². The van der Waals surface area contributed by atoms with Crippen molar-refractivity contribution in [3.63, 3.8) is 0 Å². The topological polar surface area (TPSA) is 49.8 Å². The standard InChI is InChI=1S/C24H19N3O/c28-24-26-22-15-20(25-19-10-2-1-3-11-19)13-14-23(22)27(24)16-18-9-6-8-17-7-4-5-12-21(17)18/h1-15,25H,16H2,(H,26,28). The monoisotopic (exact) mass is 365 g/mol. The maximum Gasteiger partial charge on any atom is 0.326 e. The van der Waals surface area contributed by atoms with Gasteiger partial charge in [-0.05, 0) is 46.7 Å². The minimum atomic E-state index is -0.0974. The number of aromatic nitrogens is 2. The zero-order valence-corrected chi connectivity index (χ0v) is 15.2. The highest BCUT2D eigenvalue weighted by Crippen LogP contribution is 2.23. The summed E-state index contributed by atoms with van der Waals surface area (Å²) in [5, 5.41) is 5.72. The molecule has 0 bridgehead atoms. The van der Waals surface area contributed by atoms with Gasteiger partial charge >= 0.3 is 5.69 Å². The van der Waals surface area contributed by atoms with Gasteiger partial charge in [0.25, 0.3) is 0 Å². The van der Waals surface area contributed by atoms with E-state index >= 15 is 0 Å². The molecule has 0 amide bonds. The highest BCUT2D eigenvalue weighted by Gasteiger charge is 2.10. The van der Waals surface area contributed by atoms with Gasteiger partial charge in [0.15, 0.2) is 0 Å². The lowest BCUT2D eigenvalue weighted by molar-refractivity contribution is 0.792. The van der Waals surface area contributed by atoms with Crippen molar-refractivity contribution in [2.45, 2.75) is 6.54 Å². The molecular formula is C24H19N3O. The Balaban J connectivity index is 1.53. The van der Waals surface area contributed by atoms with Crippen LogP contribution in [0.15, 0.2) is 95.8 Å². The van der Waals surface area contributed by atoms with Crippen molar-refractivity contribution in [3.8, 4) is 0 Å². The normalized spacial score (nSPS) is 11.1. The number of nitrogens with zero attached hydrogens (tertiary/aromatic N) is 1. The first-order valence-electron chi connectivity index (χ1n) is 9.29. The first-order chi connectivity index (χ1) is 13.8. The number of H-pyrrole nitrogens is 1. The van der Waals surface area contributed by atoms with Gasteiger partial charge in [-0.15, -0.1) is 0 Å². The molecule has 28 heavy (non-hydrogen) atoms. The molecule has 1 heterocycles. The van der Waals surface area contributed by atoms with E-state index in [0.717, 1.165) is 28.0 Å². The second-order valence-corrected chi connectivity index (χ2v) is 6.88. The molecule has 4 nitrogen and oxygen atoms in total. The molecule has 0 aliphatic heterocycles. The number of benzene rings is 4. The van der Waals surface area contributed by atoms with Crippen LogP contribution in [0.25, 0.3) is 21.8 Å². The maximum atomic E-state index is 12.6. The van der Waals surface area contributed by atoms with E-state index in [4.69, 9.17) is 0 Å². The van der Waals surface area contributed by atoms with Gasteiger partial charge in [0, 0.05) is 11.4 Å². The molecule has 0 radical (unpaired) electrons. The predicted molar refractivity (Wildman–Crippen MR) is 115 cm³/mol. The Labute approximate surface area is 162 Å². The van der Waals surface area contributed by atoms with Gasteiger partial charge in [0.05, 0.1) is 17.6 Å². The lowest BCUT2D eigenvalue weighted by atomic mass is 10.0. The van der Waals surface area contributed by atoms with Crippen LogP contribution < -0.4 is 11.0 Å². The summed E-state index contributed by atoms with van der Waals surface area (Å²) in [6, 6.07) is 30.4. The number of hydrogen-bond donors (Lipinski definition) is 2. The molecule has 4 aromatic carbocycles. The molecule has 0 fully saturated rings. The van der Waals surface area contributed by atoms with E-state index in [-0.39, 0.29) is 5.69 Å². The van der Waals surface area contributed by atoms with Gasteiger partial charge < -0.3 is 10.3 Å². The van der Waals surface area contributed by atoms with Gasteiger partial charge in [0.2, 0.25) is 0 Å². The molecule has 4 heteroatoms. The molecule has 0 aliphatic carbocycles. The summed E-state index contributed by atoms with van der Waals surface area (Å²) < 4.78 is 1.80. The SMILES string of the molecule is O=c1[nH]c2cc(Nc3ccccc3)ccc2n1Cc1cccc2ccccc12. The van der Waals surface area contributed by atoms with Crippen molar-refractivity contribution in [1.29, 1.82) is 0 Å². The molecule has 2 N–H and O–H groups in total. The van der Waals surface area contributed by atoms with Crippen LogP contribution in [-0.2, 0) is 6.54 Å². The molecule has 0 aliphatic rings. The van der Waals surface area contributed by atoms with E-state index in [2.05, 4.69) is 34.6 Å². The van der Waals surface area contributed by atoms with E-state index in [9.17, 15) is 4.79 Å². The zero-order valence-electron chi connectivity index (χ0n) is 15.2. The van der Waals surface area contributed by atoms with Crippen molar-refractivity contribution in [1.82, 2.24) is 9.55 Å². The van der Waals surface area contributed by atoms with Crippen LogP contribution in [0.3, 0.4) is 0 Å². The molecule has 0 atom stereocenters. The van der Waals surface area contributed by atoms with Crippen LogP contribution >= 0.6 is 0 Å². The summed E-state index contributed by atoms with van der Waals surface area (Å²) in [7, 11) is 0. The van der Waals surface area contributed by atoms with Crippen molar-refractivity contribution in [2.24, 2.45) is 0 Å². The predicted octanol–water partition coefficient (Wildman–Crippen LogP) is 5.27. The Bertz CT molecular complexity index is 1330. The minimum absolute atomic E-state index is 0.0974. The molecular weight excluding hydrogens is 346 g/mol. The number of fused-ring (bicyclic) bond motifs is 2. The third-order valence-corrected chi connectivity index (χ3v) is 5.04. The fourth-order valence-electron chi connectivity index (χ4n) is 3.69. The second kappa shape index (κ2) is 6.74. The van der Waals surface area contributed by atoms with Gasteiger partial charge in [0.1, 0.15) is 0 Å². The molecule has 0 saturated heterocycles. The molecule has 1 aromatic heterocycles. The van der Waals surface area contributed by atoms with Gasteiger partial charge in [-0.25, -0.2) is 4.79 Å². The Morgan fingerprint density at radius 2 is 1.57 bits per heavy atom. The molecule has 5 aromatic rings. The Hall–Kier alpha value is -3.79. The van der Waals surface area contributed by atoms with Crippen LogP contribution in [0.1, 0.15) is 5.56 Å². The fraction of sp³-hybridized carbons (Fsp3) is 0.0417. The summed E-state index contributed by atoms with van der Waals surface area (Å²) in [6.07, 6.45) is 0. The second-order valence-electron chi connectivity index (χ2n) is 6.88. The Morgan fingerprint density at radius 3 is 2.46 bits per heavy atom. The average Bonchev–Trinajstić information content (AvgIpc) is 3.03. The van der Waals surface area contributed by atoms with E-state index in [1.165, 1.54) is 10.8 Å². The molecule has 0 saturated carbocycles. The van der Waals surface area contributed by atoms with E-state index in [1.54, 1.807) is 4.57 Å². The third kappa shape index (κ3) is 2.95. The average molecular weight is 365 g/mol. The fourth-order valence-corrected chi connectivity index (χ4v) is 3.69. The number of rotatable bonds is 4. The summed E-state index contributed by atoms with van der Waals surface area (Å²) in [6.45, 7) is 0.533. The molecule has 0 unspecified atom stereocenters. The number of anilines is 2. The summed E-state index contributed by atoms with van der Waals surface area (Å²) >= 11 is 0. The van der Waals surface area contributed by atoms with Gasteiger partial charge in [-0.2, -0.15) is 0 Å².